The first kappa shape index (κ1) is 31.8. The van der Waals surface area contributed by atoms with E-state index in [0.717, 1.165) is 5.56 Å². The van der Waals surface area contributed by atoms with Crippen LogP contribution in [0.25, 0.3) is 10.2 Å². The molecule has 6 rings (SSSR count). The van der Waals surface area contributed by atoms with Crippen LogP contribution in [0.15, 0.2) is 60.8 Å². The number of hydrogen-bond donors (Lipinski definition) is 3. The fraction of sp³-hybridized carbons (Fsp3) is 0.324. The third kappa shape index (κ3) is 6.99. The fourth-order valence-electron chi connectivity index (χ4n) is 5.70. The van der Waals surface area contributed by atoms with Crippen molar-refractivity contribution in [3.63, 3.8) is 0 Å². The molecule has 5 amide bonds. The number of carbonyl (C=O) groups is 4. The fourth-order valence-corrected chi connectivity index (χ4v) is 6.72. The van der Waals surface area contributed by atoms with E-state index in [1.165, 1.54) is 11.3 Å². The largest absolute Gasteiger partial charge is 0.457 e. The molecule has 4 heterocycles. The second-order valence-electron chi connectivity index (χ2n) is 12.5. The van der Waals surface area contributed by atoms with E-state index in [1.807, 2.05) is 55.5 Å². The number of anilines is 3. The number of nitrogens with zero attached hydrogens (tertiary/aromatic N) is 3. The summed E-state index contributed by atoms with van der Waals surface area (Å²) in [4.78, 5) is 60.8. The zero-order valence-electron chi connectivity index (χ0n) is 26.6. The molecule has 244 valence electrons. The maximum absolute atomic E-state index is 13.6. The molecule has 0 saturated carbocycles. The molecule has 0 aliphatic carbocycles. The highest BCUT2D eigenvalue weighted by atomic mass is 32.1. The molecule has 2 aromatic carbocycles. The molecule has 4 aromatic rings. The van der Waals surface area contributed by atoms with Crippen molar-refractivity contribution in [3.8, 4) is 11.5 Å². The Balaban J connectivity index is 1.17. The molecule has 3 N–H and O–H groups in total. The van der Waals surface area contributed by atoms with Gasteiger partial charge in [0.05, 0.1) is 22.4 Å². The lowest BCUT2D eigenvalue weighted by atomic mass is 10.1. The third-order valence-electron chi connectivity index (χ3n) is 7.73. The van der Waals surface area contributed by atoms with E-state index < -0.39 is 17.7 Å². The smallest absolute Gasteiger partial charge is 0.408 e. The lowest BCUT2D eigenvalue weighted by Gasteiger charge is -2.33. The van der Waals surface area contributed by atoms with E-state index in [9.17, 15) is 19.2 Å². The van der Waals surface area contributed by atoms with Gasteiger partial charge in [-0.15, -0.1) is 11.3 Å². The second kappa shape index (κ2) is 12.9. The molecule has 0 radical (unpaired) electrons. The van der Waals surface area contributed by atoms with Crippen molar-refractivity contribution in [3.05, 3.63) is 71.2 Å². The predicted octanol–water partition coefficient (Wildman–Crippen LogP) is 6.33. The number of benzene rings is 2. The van der Waals surface area contributed by atoms with Crippen molar-refractivity contribution >= 4 is 62.6 Å². The molecule has 0 unspecified atom stereocenters. The average molecular weight is 657 g/mol. The zero-order valence-corrected chi connectivity index (χ0v) is 27.4. The van der Waals surface area contributed by atoms with Crippen molar-refractivity contribution in [2.24, 2.45) is 0 Å². The minimum atomic E-state index is -0.670. The van der Waals surface area contributed by atoms with Crippen LogP contribution >= 0.6 is 11.3 Å². The number of amides is 5. The summed E-state index contributed by atoms with van der Waals surface area (Å²) in [6, 6.07) is 16.1. The molecule has 0 spiro atoms. The quantitative estimate of drug-likeness (QED) is 0.211. The van der Waals surface area contributed by atoms with E-state index in [-0.39, 0.29) is 24.4 Å². The third-order valence-corrected chi connectivity index (χ3v) is 8.83. The van der Waals surface area contributed by atoms with Gasteiger partial charge in [-0.25, -0.2) is 14.6 Å². The number of rotatable bonds is 7. The summed E-state index contributed by atoms with van der Waals surface area (Å²) in [7, 11) is 0. The van der Waals surface area contributed by atoms with Gasteiger partial charge in [-0.3, -0.25) is 14.5 Å². The summed E-state index contributed by atoms with van der Waals surface area (Å²) in [6.45, 7) is 7.77. The SMILES string of the molecule is Cc1cc(Oc2ccccc2)ccc1N1C(=O)Nc2c(C(=O)N[C@@H]3CCCN(C(=O)CNC(=O)OC(C)(C)C)C3)sc3nccc1c23. The first-order valence-corrected chi connectivity index (χ1v) is 16.2. The molecule has 2 aliphatic rings. The van der Waals surface area contributed by atoms with Crippen molar-refractivity contribution < 1.29 is 28.7 Å². The Morgan fingerprint density at radius 2 is 1.85 bits per heavy atom. The monoisotopic (exact) mass is 656 g/mol. The highest BCUT2D eigenvalue weighted by Crippen LogP contribution is 2.46. The Morgan fingerprint density at radius 1 is 1.06 bits per heavy atom. The number of aryl methyl sites for hydroxylation is 1. The normalized spacial score (nSPS) is 16.0. The number of nitrogens with one attached hydrogen (secondary N) is 3. The molecule has 1 fully saturated rings. The topological polar surface area (TPSA) is 142 Å². The number of hydrogen-bond acceptors (Lipinski definition) is 8. The van der Waals surface area contributed by atoms with E-state index in [2.05, 4.69) is 20.9 Å². The lowest BCUT2D eigenvalue weighted by molar-refractivity contribution is -0.131. The van der Waals surface area contributed by atoms with Crippen LogP contribution in [0.3, 0.4) is 0 Å². The molecule has 47 heavy (non-hydrogen) atoms. The molecular weight excluding hydrogens is 620 g/mol. The van der Waals surface area contributed by atoms with Gasteiger partial charge < -0.3 is 30.3 Å². The number of aromatic nitrogens is 1. The van der Waals surface area contributed by atoms with Gasteiger partial charge >= 0.3 is 12.1 Å². The standard InChI is InChI=1S/C34H36N6O6S/c1-20-17-23(45-22-10-6-5-7-11-22)12-13-24(20)40-25-14-15-35-31-27(25)28(38-32(40)43)29(47-31)30(42)37-21-9-8-16-39(19-21)26(41)18-36-33(44)46-34(2,3)4/h5-7,10-15,17,21H,8-9,16,18-19H2,1-4H3,(H,36,44)(H,37,42)(H,38,43)/t21-/m1/s1. The zero-order chi connectivity index (χ0) is 33.3. The number of thiophene rings is 1. The van der Waals surface area contributed by atoms with Crippen LogP contribution in [0.4, 0.5) is 26.7 Å². The van der Waals surface area contributed by atoms with Crippen LogP contribution in [0.2, 0.25) is 0 Å². The van der Waals surface area contributed by atoms with E-state index in [0.29, 0.717) is 69.6 Å². The second-order valence-corrected chi connectivity index (χ2v) is 13.5. The number of pyridine rings is 1. The molecule has 2 aliphatic heterocycles. The van der Waals surface area contributed by atoms with Crippen LogP contribution < -0.4 is 25.6 Å². The minimum Gasteiger partial charge on any atom is -0.457 e. The maximum atomic E-state index is 13.6. The van der Waals surface area contributed by atoms with Gasteiger partial charge in [-0.2, -0.15) is 0 Å². The number of ether oxygens (including phenoxy) is 2. The van der Waals surface area contributed by atoms with Gasteiger partial charge in [-0.1, -0.05) is 18.2 Å². The van der Waals surface area contributed by atoms with Crippen LogP contribution in [0, 0.1) is 6.92 Å². The van der Waals surface area contributed by atoms with Crippen LogP contribution in [0.1, 0.15) is 48.8 Å². The Bertz CT molecular complexity index is 1850. The maximum Gasteiger partial charge on any atom is 0.408 e. The van der Waals surface area contributed by atoms with Gasteiger partial charge in [0.15, 0.2) is 0 Å². The van der Waals surface area contributed by atoms with Crippen molar-refractivity contribution in [2.45, 2.75) is 52.2 Å². The minimum absolute atomic E-state index is 0.199. The molecule has 2 aromatic heterocycles. The number of likely N-dealkylation sites (tertiary alicyclic amines) is 1. The molecule has 1 saturated heterocycles. The summed E-state index contributed by atoms with van der Waals surface area (Å²) < 4.78 is 11.2. The lowest BCUT2D eigenvalue weighted by Crippen LogP contribution is -2.51. The van der Waals surface area contributed by atoms with Gasteiger partial charge in [0.1, 0.15) is 33.4 Å². The summed E-state index contributed by atoms with van der Waals surface area (Å²) in [5, 5.41) is 9.17. The highest BCUT2D eigenvalue weighted by Gasteiger charge is 2.34. The summed E-state index contributed by atoms with van der Waals surface area (Å²) in [5.41, 5.74) is 1.87. The number of alkyl carbamates (subject to hydrolysis) is 1. The van der Waals surface area contributed by atoms with Gasteiger partial charge in [-0.05, 0) is 82.5 Å². The number of carbonyl (C=O) groups excluding carboxylic acids is 4. The van der Waals surface area contributed by atoms with Crippen molar-refractivity contribution in [2.75, 3.05) is 29.9 Å². The van der Waals surface area contributed by atoms with Gasteiger partial charge in [0.2, 0.25) is 5.91 Å². The number of urea groups is 1. The van der Waals surface area contributed by atoms with Crippen LogP contribution in [-0.4, -0.2) is 65.1 Å². The van der Waals surface area contributed by atoms with Gasteiger partial charge in [0, 0.05) is 25.3 Å². The van der Waals surface area contributed by atoms with E-state index in [4.69, 9.17) is 9.47 Å². The van der Waals surface area contributed by atoms with Crippen LogP contribution in [0.5, 0.6) is 11.5 Å². The predicted molar refractivity (Wildman–Crippen MR) is 180 cm³/mol. The number of para-hydroxylation sites is 1. The molecule has 1 atom stereocenters. The Kier molecular flexibility index (Phi) is 8.74. The average Bonchev–Trinajstić information content (AvgIpc) is 3.40. The molecule has 13 heteroatoms. The van der Waals surface area contributed by atoms with Crippen molar-refractivity contribution in [1.82, 2.24) is 20.5 Å². The Labute approximate surface area is 276 Å². The van der Waals surface area contributed by atoms with E-state index >= 15 is 0 Å². The summed E-state index contributed by atoms with van der Waals surface area (Å²) in [6.07, 6.45) is 2.34. The number of piperidine rings is 1. The van der Waals surface area contributed by atoms with E-state index in [1.54, 1.807) is 42.8 Å². The first-order chi connectivity index (χ1) is 22.5. The Morgan fingerprint density at radius 3 is 2.60 bits per heavy atom. The molecular formula is C34H36N6O6S. The molecule has 12 nitrogen and oxygen atoms in total. The van der Waals surface area contributed by atoms with Crippen LogP contribution in [-0.2, 0) is 9.53 Å². The summed E-state index contributed by atoms with van der Waals surface area (Å²) >= 11 is 1.20. The molecule has 0 bridgehead atoms. The van der Waals surface area contributed by atoms with Gasteiger partial charge in [0.25, 0.3) is 5.91 Å². The Hall–Kier alpha value is -5.17. The summed E-state index contributed by atoms with van der Waals surface area (Å²) in [5.74, 6) is 0.741. The van der Waals surface area contributed by atoms with Crippen molar-refractivity contribution in [1.29, 1.82) is 0 Å². The first-order valence-electron chi connectivity index (χ1n) is 15.4. The highest BCUT2D eigenvalue weighted by molar-refractivity contribution is 7.21.